The largest absolute Gasteiger partial charge is 0.508 e. The third kappa shape index (κ3) is 8.99. The van der Waals surface area contributed by atoms with Gasteiger partial charge in [-0.15, -0.1) is 6.58 Å². The molecule has 2 aromatic carbocycles. The van der Waals surface area contributed by atoms with Gasteiger partial charge in [-0.2, -0.15) is 0 Å². The molecular weight excluding hydrogens is 308 g/mol. The van der Waals surface area contributed by atoms with Gasteiger partial charge in [0.15, 0.2) is 0 Å². The van der Waals surface area contributed by atoms with Crippen molar-refractivity contribution >= 4 is 0 Å². The fraction of sp³-hybridized carbons (Fsp3) is 0.391. The number of hydrogen-bond acceptors (Lipinski definition) is 2. The summed E-state index contributed by atoms with van der Waals surface area (Å²) in [5.74, 6) is 0.799. The molecule has 25 heavy (non-hydrogen) atoms. The molecule has 0 aromatic heterocycles. The molecule has 0 saturated heterocycles. The standard InChI is InChI=1S/C14H22O.C9H10O/c1-2-3-4-5-6-7-10-13-11-8-9-12-14(13)15;1-2-5-8-6-3-4-7-9(8)10/h8-9,11-12,15H,2-7,10H2,1H3;2-4,6-7,10H,1,5H2. The van der Waals surface area contributed by atoms with Crippen molar-refractivity contribution in [2.75, 3.05) is 0 Å². The van der Waals surface area contributed by atoms with Gasteiger partial charge >= 0.3 is 0 Å². The van der Waals surface area contributed by atoms with E-state index in [1.165, 1.54) is 38.5 Å². The van der Waals surface area contributed by atoms with Crippen molar-refractivity contribution in [1.29, 1.82) is 0 Å². The van der Waals surface area contributed by atoms with Crippen molar-refractivity contribution in [2.24, 2.45) is 0 Å². The van der Waals surface area contributed by atoms with Gasteiger partial charge in [0, 0.05) is 0 Å². The molecule has 2 nitrogen and oxygen atoms in total. The summed E-state index contributed by atoms with van der Waals surface area (Å²) in [6, 6.07) is 14.9. The average molecular weight is 341 g/mol. The second-order valence-corrected chi connectivity index (χ2v) is 6.27. The fourth-order valence-corrected chi connectivity index (χ4v) is 2.66. The molecule has 2 aromatic rings. The van der Waals surface area contributed by atoms with E-state index in [1.54, 1.807) is 18.2 Å². The predicted octanol–water partition coefficient (Wildman–Crippen LogP) is 6.42. The summed E-state index contributed by atoms with van der Waals surface area (Å²) in [5, 5.41) is 18.7. The summed E-state index contributed by atoms with van der Waals surface area (Å²) in [5.41, 5.74) is 2.02. The monoisotopic (exact) mass is 340 g/mol. The number of phenolic OH excluding ortho intramolecular Hbond substituents is 2. The number of rotatable bonds is 9. The number of aromatic hydroxyl groups is 2. The van der Waals surface area contributed by atoms with Crippen LogP contribution in [0.15, 0.2) is 61.2 Å². The number of benzene rings is 2. The van der Waals surface area contributed by atoms with Crippen molar-refractivity contribution in [1.82, 2.24) is 0 Å². The lowest BCUT2D eigenvalue weighted by Gasteiger charge is -2.03. The Hall–Kier alpha value is -2.22. The number of phenols is 2. The normalized spacial score (nSPS) is 9.96. The maximum atomic E-state index is 9.55. The van der Waals surface area contributed by atoms with E-state index in [4.69, 9.17) is 0 Å². The summed E-state index contributed by atoms with van der Waals surface area (Å²) in [6.45, 7) is 5.82. The highest BCUT2D eigenvalue weighted by molar-refractivity contribution is 5.33. The van der Waals surface area contributed by atoms with Gasteiger partial charge in [-0.05, 0) is 42.5 Å². The predicted molar refractivity (Wildman–Crippen MR) is 107 cm³/mol. The molecule has 2 heteroatoms. The molecule has 0 bridgehead atoms. The Labute approximate surface area is 152 Å². The lowest BCUT2D eigenvalue weighted by atomic mass is 10.0. The summed E-state index contributed by atoms with van der Waals surface area (Å²) >= 11 is 0. The number of aryl methyl sites for hydroxylation is 1. The van der Waals surface area contributed by atoms with Crippen LogP contribution in [0.2, 0.25) is 0 Å². The van der Waals surface area contributed by atoms with Crippen LogP contribution in [0.25, 0.3) is 0 Å². The molecule has 136 valence electrons. The van der Waals surface area contributed by atoms with Crippen LogP contribution < -0.4 is 0 Å². The van der Waals surface area contributed by atoms with Crippen molar-refractivity contribution in [3.63, 3.8) is 0 Å². The van der Waals surface area contributed by atoms with Crippen LogP contribution in [-0.2, 0) is 12.8 Å². The minimum atomic E-state index is 0.349. The van der Waals surface area contributed by atoms with Crippen molar-refractivity contribution in [3.05, 3.63) is 72.3 Å². The smallest absolute Gasteiger partial charge is 0.119 e. The Bertz CT molecular complexity index is 605. The Kier molecular flexibility index (Phi) is 10.9. The number of para-hydroxylation sites is 2. The molecule has 0 saturated carbocycles. The van der Waals surface area contributed by atoms with Crippen LogP contribution in [-0.4, -0.2) is 10.2 Å². The van der Waals surface area contributed by atoms with Crippen LogP contribution in [0.5, 0.6) is 11.5 Å². The van der Waals surface area contributed by atoms with E-state index < -0.39 is 0 Å². The highest BCUT2D eigenvalue weighted by Gasteiger charge is 1.98. The molecule has 2 N–H and O–H groups in total. The highest BCUT2D eigenvalue weighted by Crippen LogP contribution is 2.18. The number of hydrogen-bond donors (Lipinski definition) is 2. The van der Waals surface area contributed by atoms with Gasteiger partial charge in [-0.3, -0.25) is 0 Å². The Balaban J connectivity index is 0.000000271. The molecule has 0 amide bonds. The van der Waals surface area contributed by atoms with Crippen molar-refractivity contribution < 1.29 is 10.2 Å². The Morgan fingerprint density at radius 2 is 1.28 bits per heavy atom. The zero-order chi connectivity index (χ0) is 18.3. The molecule has 0 aliphatic carbocycles. The van der Waals surface area contributed by atoms with Crippen LogP contribution in [0, 0.1) is 0 Å². The van der Waals surface area contributed by atoms with E-state index in [1.807, 2.05) is 36.4 Å². The second-order valence-electron chi connectivity index (χ2n) is 6.27. The molecule has 0 aliphatic heterocycles. The molecule has 0 aliphatic rings. The second kappa shape index (κ2) is 13.1. The third-order valence-corrected chi connectivity index (χ3v) is 4.15. The van der Waals surface area contributed by atoms with Crippen LogP contribution in [0.4, 0.5) is 0 Å². The van der Waals surface area contributed by atoms with Crippen LogP contribution in [0.3, 0.4) is 0 Å². The topological polar surface area (TPSA) is 40.5 Å². The molecule has 0 spiro atoms. The molecule has 0 radical (unpaired) electrons. The minimum absolute atomic E-state index is 0.349. The first-order valence-electron chi connectivity index (χ1n) is 9.33. The Morgan fingerprint density at radius 3 is 1.84 bits per heavy atom. The van der Waals surface area contributed by atoms with E-state index in [-0.39, 0.29) is 0 Å². The quantitative estimate of drug-likeness (QED) is 0.408. The first kappa shape index (κ1) is 20.8. The maximum Gasteiger partial charge on any atom is 0.119 e. The van der Waals surface area contributed by atoms with Gasteiger partial charge in [0.25, 0.3) is 0 Å². The van der Waals surface area contributed by atoms with E-state index in [9.17, 15) is 10.2 Å². The lowest BCUT2D eigenvalue weighted by Crippen LogP contribution is -1.86. The van der Waals surface area contributed by atoms with E-state index in [0.29, 0.717) is 11.5 Å². The van der Waals surface area contributed by atoms with Crippen molar-refractivity contribution in [3.8, 4) is 11.5 Å². The first-order chi connectivity index (χ1) is 12.2. The molecule has 0 heterocycles. The van der Waals surface area contributed by atoms with Gasteiger partial charge < -0.3 is 10.2 Å². The van der Waals surface area contributed by atoms with Gasteiger partial charge in [0.2, 0.25) is 0 Å². The van der Waals surface area contributed by atoms with Gasteiger partial charge in [-0.25, -0.2) is 0 Å². The number of allylic oxidation sites excluding steroid dienone is 1. The van der Waals surface area contributed by atoms with E-state index in [0.717, 1.165) is 24.0 Å². The molecule has 2 rings (SSSR count). The first-order valence-corrected chi connectivity index (χ1v) is 9.33. The zero-order valence-corrected chi connectivity index (χ0v) is 15.5. The number of unbranched alkanes of at least 4 members (excludes halogenated alkanes) is 5. The maximum absolute atomic E-state index is 9.55. The van der Waals surface area contributed by atoms with Crippen LogP contribution >= 0.6 is 0 Å². The average Bonchev–Trinajstić information content (AvgIpc) is 2.62. The summed E-state index contributed by atoms with van der Waals surface area (Å²) in [6.07, 6.45) is 11.4. The zero-order valence-electron chi connectivity index (χ0n) is 15.5. The SMILES string of the molecule is C=CCc1ccccc1O.CCCCCCCCc1ccccc1O. The fourth-order valence-electron chi connectivity index (χ4n) is 2.66. The molecule has 0 atom stereocenters. The third-order valence-electron chi connectivity index (χ3n) is 4.15. The van der Waals surface area contributed by atoms with Gasteiger partial charge in [0.1, 0.15) is 11.5 Å². The summed E-state index contributed by atoms with van der Waals surface area (Å²) in [4.78, 5) is 0. The van der Waals surface area contributed by atoms with E-state index >= 15 is 0 Å². The van der Waals surface area contributed by atoms with Gasteiger partial charge in [-0.1, -0.05) is 81.5 Å². The highest BCUT2D eigenvalue weighted by atomic mass is 16.3. The van der Waals surface area contributed by atoms with Crippen LogP contribution in [0.1, 0.15) is 56.6 Å². The minimum Gasteiger partial charge on any atom is -0.508 e. The molecule has 0 fully saturated rings. The van der Waals surface area contributed by atoms with Gasteiger partial charge in [0.05, 0.1) is 0 Å². The summed E-state index contributed by atoms with van der Waals surface area (Å²) in [7, 11) is 0. The summed E-state index contributed by atoms with van der Waals surface area (Å²) < 4.78 is 0. The lowest BCUT2D eigenvalue weighted by molar-refractivity contribution is 0.466. The van der Waals surface area contributed by atoms with E-state index in [2.05, 4.69) is 13.5 Å². The molecule has 0 unspecified atom stereocenters. The molecular formula is C23H32O2. The van der Waals surface area contributed by atoms with Crippen molar-refractivity contribution in [2.45, 2.75) is 58.3 Å². The Morgan fingerprint density at radius 1 is 0.760 bits per heavy atom.